The largest absolute Gasteiger partial charge is 0.433 e. The second-order valence-electron chi connectivity index (χ2n) is 7.61. The molecule has 3 heterocycles. The van der Waals surface area contributed by atoms with Crippen molar-refractivity contribution in [1.29, 1.82) is 0 Å². The molecule has 10 heteroatoms. The molecule has 0 bridgehead atoms. The lowest BCUT2D eigenvalue weighted by molar-refractivity contribution is -0.141. The van der Waals surface area contributed by atoms with Gasteiger partial charge in [-0.3, -0.25) is 14.8 Å². The third kappa shape index (κ3) is 5.65. The Balaban J connectivity index is 1.48. The Morgan fingerprint density at radius 1 is 1.07 bits per heavy atom. The maximum absolute atomic E-state index is 12.6. The summed E-state index contributed by atoms with van der Waals surface area (Å²) in [6.07, 6.45) is 0.960. The van der Waals surface area contributed by atoms with Crippen LogP contribution < -0.4 is 0 Å². The van der Waals surface area contributed by atoms with Crippen molar-refractivity contribution in [3.8, 4) is 0 Å². The number of pyridine rings is 1. The number of piperidine rings is 1. The number of rotatable bonds is 4. The molecule has 2 aliphatic rings. The number of alkyl halides is 3. The van der Waals surface area contributed by atoms with E-state index in [1.54, 1.807) is 4.31 Å². The van der Waals surface area contributed by atoms with Crippen molar-refractivity contribution in [3.05, 3.63) is 29.6 Å². The van der Waals surface area contributed by atoms with Gasteiger partial charge in [0.15, 0.2) is 0 Å². The zero-order chi connectivity index (χ0) is 20.4. The van der Waals surface area contributed by atoms with Gasteiger partial charge in [0, 0.05) is 38.4 Å². The molecule has 2 aliphatic heterocycles. The molecular formula is C18H27F3N4O2S. The van der Waals surface area contributed by atoms with Gasteiger partial charge in [-0.1, -0.05) is 6.07 Å². The molecule has 0 unspecified atom stereocenters. The Labute approximate surface area is 164 Å². The van der Waals surface area contributed by atoms with E-state index in [4.69, 9.17) is 0 Å². The van der Waals surface area contributed by atoms with Crippen LogP contribution in [-0.2, 0) is 22.7 Å². The number of nitrogens with zero attached hydrogens (tertiary/aromatic N) is 4. The number of sulfonamides is 1. The minimum Gasteiger partial charge on any atom is -0.299 e. The highest BCUT2D eigenvalue weighted by Crippen LogP contribution is 2.27. The molecule has 0 atom stereocenters. The maximum atomic E-state index is 12.6. The smallest absolute Gasteiger partial charge is 0.299 e. The van der Waals surface area contributed by atoms with E-state index in [0.29, 0.717) is 25.7 Å². The molecule has 2 saturated heterocycles. The molecule has 1 aromatic heterocycles. The average molecular weight is 421 g/mol. The van der Waals surface area contributed by atoms with Crippen molar-refractivity contribution in [3.63, 3.8) is 0 Å². The van der Waals surface area contributed by atoms with Gasteiger partial charge in [-0.2, -0.15) is 13.2 Å². The van der Waals surface area contributed by atoms with Crippen LogP contribution >= 0.6 is 0 Å². The zero-order valence-corrected chi connectivity index (χ0v) is 16.8. The van der Waals surface area contributed by atoms with Gasteiger partial charge < -0.3 is 0 Å². The fourth-order valence-corrected chi connectivity index (χ4v) is 4.87. The van der Waals surface area contributed by atoms with E-state index in [2.05, 4.69) is 14.8 Å². The summed E-state index contributed by atoms with van der Waals surface area (Å²) >= 11 is 0. The summed E-state index contributed by atoms with van der Waals surface area (Å²) in [6.45, 7) is 5.11. The van der Waals surface area contributed by atoms with Crippen LogP contribution in [-0.4, -0.2) is 79.1 Å². The Kier molecular flexibility index (Phi) is 6.63. The summed E-state index contributed by atoms with van der Waals surface area (Å²) in [4.78, 5) is 8.16. The highest BCUT2D eigenvalue weighted by Gasteiger charge is 2.32. The van der Waals surface area contributed by atoms with Crippen molar-refractivity contribution in [2.75, 3.05) is 45.5 Å². The van der Waals surface area contributed by atoms with Crippen LogP contribution in [0, 0.1) is 0 Å². The van der Waals surface area contributed by atoms with Crippen LogP contribution in [0.2, 0.25) is 0 Å². The molecule has 0 aromatic carbocycles. The Bertz CT molecular complexity index is 747. The average Bonchev–Trinajstić information content (AvgIpc) is 2.88. The van der Waals surface area contributed by atoms with Gasteiger partial charge in [0.05, 0.1) is 6.26 Å². The first-order chi connectivity index (χ1) is 13.1. The van der Waals surface area contributed by atoms with Crippen LogP contribution in [0.5, 0.6) is 0 Å². The molecule has 0 spiro atoms. The van der Waals surface area contributed by atoms with Crippen molar-refractivity contribution in [2.45, 2.75) is 38.0 Å². The predicted molar refractivity (Wildman–Crippen MR) is 100 cm³/mol. The summed E-state index contributed by atoms with van der Waals surface area (Å²) < 4.78 is 62.9. The SMILES string of the molecule is CS(=O)(=O)N1CCCN(C2CCN(Cc3ccc(C(F)(F)F)nc3)CC2)CC1. The van der Waals surface area contributed by atoms with E-state index in [9.17, 15) is 21.6 Å². The fourth-order valence-electron chi connectivity index (χ4n) is 4.00. The van der Waals surface area contributed by atoms with E-state index in [1.165, 1.54) is 18.5 Å². The Hall–Kier alpha value is -1.23. The van der Waals surface area contributed by atoms with Crippen LogP contribution in [0.4, 0.5) is 13.2 Å². The second kappa shape index (κ2) is 8.64. The van der Waals surface area contributed by atoms with Gasteiger partial charge in [-0.25, -0.2) is 12.7 Å². The minimum absolute atomic E-state index is 0.432. The Morgan fingerprint density at radius 2 is 1.79 bits per heavy atom. The van der Waals surface area contributed by atoms with Gasteiger partial charge in [0.2, 0.25) is 10.0 Å². The van der Waals surface area contributed by atoms with E-state index < -0.39 is 21.9 Å². The van der Waals surface area contributed by atoms with Crippen molar-refractivity contribution >= 4 is 10.0 Å². The molecule has 2 fully saturated rings. The van der Waals surface area contributed by atoms with Crippen LogP contribution in [0.1, 0.15) is 30.5 Å². The predicted octanol–water partition coefficient (Wildman–Crippen LogP) is 2.03. The molecule has 0 saturated carbocycles. The van der Waals surface area contributed by atoms with Gasteiger partial charge in [-0.05, 0) is 50.5 Å². The summed E-state index contributed by atoms with van der Waals surface area (Å²) in [6, 6.07) is 2.96. The van der Waals surface area contributed by atoms with Crippen LogP contribution in [0.3, 0.4) is 0 Å². The van der Waals surface area contributed by atoms with Crippen LogP contribution in [0.15, 0.2) is 18.3 Å². The molecular weight excluding hydrogens is 393 g/mol. The number of halogens is 3. The molecule has 6 nitrogen and oxygen atoms in total. The lowest BCUT2D eigenvalue weighted by Crippen LogP contribution is -2.46. The standard InChI is InChI=1S/C18H27F3N4O2S/c1-28(26,27)25-8-2-7-24(11-12-25)16-5-9-23(10-6-16)14-15-3-4-17(22-13-15)18(19,20)21/h3-4,13,16H,2,5-12,14H2,1H3. The number of hydrogen-bond acceptors (Lipinski definition) is 5. The van der Waals surface area contributed by atoms with Gasteiger partial charge in [0.25, 0.3) is 0 Å². The molecule has 0 amide bonds. The first kappa shape index (κ1) is 21.5. The topological polar surface area (TPSA) is 56.8 Å². The fraction of sp³-hybridized carbons (Fsp3) is 0.722. The summed E-state index contributed by atoms with van der Waals surface area (Å²) in [5, 5.41) is 0. The van der Waals surface area contributed by atoms with Gasteiger partial charge in [0.1, 0.15) is 5.69 Å². The molecule has 1 aromatic rings. The lowest BCUT2D eigenvalue weighted by atomic mass is 10.0. The highest BCUT2D eigenvalue weighted by atomic mass is 32.2. The number of likely N-dealkylation sites (tertiary alicyclic amines) is 1. The van der Waals surface area contributed by atoms with Crippen molar-refractivity contribution < 1.29 is 21.6 Å². The summed E-state index contributed by atoms with van der Waals surface area (Å²) in [5.74, 6) is 0. The maximum Gasteiger partial charge on any atom is 0.433 e. The monoisotopic (exact) mass is 420 g/mol. The number of hydrogen-bond donors (Lipinski definition) is 0. The van der Waals surface area contributed by atoms with Gasteiger partial charge in [-0.15, -0.1) is 0 Å². The van der Waals surface area contributed by atoms with Gasteiger partial charge >= 0.3 is 6.18 Å². The summed E-state index contributed by atoms with van der Waals surface area (Å²) in [5.41, 5.74) is -0.0794. The van der Waals surface area contributed by atoms with Crippen molar-refractivity contribution in [2.24, 2.45) is 0 Å². The first-order valence-corrected chi connectivity index (χ1v) is 11.4. The third-order valence-corrected chi connectivity index (χ3v) is 6.86. The second-order valence-corrected chi connectivity index (χ2v) is 9.59. The molecule has 158 valence electrons. The van der Waals surface area contributed by atoms with E-state index in [1.807, 2.05) is 0 Å². The summed E-state index contributed by atoms with van der Waals surface area (Å²) in [7, 11) is -3.14. The zero-order valence-electron chi connectivity index (χ0n) is 16.0. The van der Waals surface area contributed by atoms with Crippen LogP contribution in [0.25, 0.3) is 0 Å². The normalized spacial score (nSPS) is 22.3. The van der Waals surface area contributed by atoms with Crippen molar-refractivity contribution in [1.82, 2.24) is 19.1 Å². The quantitative estimate of drug-likeness (QED) is 0.746. The molecule has 3 rings (SSSR count). The Morgan fingerprint density at radius 3 is 2.36 bits per heavy atom. The first-order valence-electron chi connectivity index (χ1n) is 9.56. The third-order valence-electron chi connectivity index (χ3n) is 5.55. The molecule has 0 N–H and O–H groups in total. The molecule has 28 heavy (non-hydrogen) atoms. The van der Waals surface area contributed by atoms with E-state index in [-0.39, 0.29) is 0 Å². The van der Waals surface area contributed by atoms with E-state index >= 15 is 0 Å². The highest BCUT2D eigenvalue weighted by molar-refractivity contribution is 7.88. The number of aromatic nitrogens is 1. The lowest BCUT2D eigenvalue weighted by Gasteiger charge is -2.38. The molecule has 0 radical (unpaired) electrons. The minimum atomic E-state index is -4.41. The molecule has 0 aliphatic carbocycles. The van der Waals surface area contributed by atoms with E-state index in [0.717, 1.165) is 57.1 Å².